The van der Waals surface area contributed by atoms with Crippen molar-refractivity contribution in [2.45, 2.75) is 25.9 Å². The molecule has 1 amide bonds. The van der Waals surface area contributed by atoms with Gasteiger partial charge in [0.15, 0.2) is 11.5 Å². The molecule has 2 aliphatic rings. The molecule has 6 heteroatoms. The van der Waals surface area contributed by atoms with Gasteiger partial charge in [-0.1, -0.05) is 19.1 Å². The third kappa shape index (κ3) is 4.89. The first-order valence-electron chi connectivity index (χ1n) is 9.56. The molecule has 0 aliphatic carbocycles. The number of morpholine rings is 1. The van der Waals surface area contributed by atoms with E-state index < -0.39 is 0 Å². The lowest BCUT2D eigenvalue weighted by atomic mass is 10.0. The van der Waals surface area contributed by atoms with Crippen molar-refractivity contribution in [2.24, 2.45) is 5.92 Å². The van der Waals surface area contributed by atoms with Crippen LogP contribution in [0.5, 0.6) is 11.5 Å². The van der Waals surface area contributed by atoms with Crippen LogP contribution in [0.4, 0.5) is 0 Å². The molecule has 26 heavy (non-hydrogen) atoms. The summed E-state index contributed by atoms with van der Waals surface area (Å²) in [4.78, 5) is 17.1. The second-order valence-electron chi connectivity index (χ2n) is 7.11. The van der Waals surface area contributed by atoms with E-state index in [2.05, 4.69) is 4.90 Å². The number of carbonyl (C=O) groups excluding carboxylic acids is 1. The van der Waals surface area contributed by atoms with E-state index in [0.717, 1.165) is 70.3 Å². The monoisotopic (exact) mass is 362 g/mol. The summed E-state index contributed by atoms with van der Waals surface area (Å²) in [6, 6.07) is 7.72. The lowest BCUT2D eigenvalue weighted by molar-refractivity contribution is -0.137. The summed E-state index contributed by atoms with van der Waals surface area (Å²) in [7, 11) is 1.65. The van der Waals surface area contributed by atoms with E-state index in [1.165, 1.54) is 0 Å². The normalized spacial score (nSPS) is 20.6. The van der Waals surface area contributed by atoms with Gasteiger partial charge in [0, 0.05) is 51.5 Å². The second kappa shape index (κ2) is 9.24. The van der Waals surface area contributed by atoms with Gasteiger partial charge in [-0.05, 0) is 12.1 Å². The van der Waals surface area contributed by atoms with E-state index in [1.807, 2.05) is 36.1 Å². The lowest BCUT2D eigenvalue weighted by Crippen LogP contribution is -2.47. The van der Waals surface area contributed by atoms with Crippen LogP contribution < -0.4 is 9.47 Å². The minimum absolute atomic E-state index is 0.0276. The first-order valence-corrected chi connectivity index (χ1v) is 9.56. The van der Waals surface area contributed by atoms with Crippen molar-refractivity contribution < 1.29 is 19.0 Å². The molecule has 1 aromatic rings. The Hall–Kier alpha value is -1.79. The highest BCUT2D eigenvalue weighted by Crippen LogP contribution is 2.29. The fraction of sp³-hybridized carbons (Fsp3) is 0.650. The van der Waals surface area contributed by atoms with Crippen LogP contribution in [0.1, 0.15) is 19.8 Å². The molecule has 1 atom stereocenters. The number of amides is 1. The van der Waals surface area contributed by atoms with Gasteiger partial charge in [0.2, 0.25) is 5.91 Å². The van der Waals surface area contributed by atoms with Crippen molar-refractivity contribution in [1.29, 1.82) is 0 Å². The topological polar surface area (TPSA) is 51.2 Å². The summed E-state index contributed by atoms with van der Waals surface area (Å²) in [5.74, 6) is 1.82. The van der Waals surface area contributed by atoms with Gasteiger partial charge in [0.05, 0.1) is 20.3 Å². The Balaban J connectivity index is 1.46. The summed E-state index contributed by atoms with van der Waals surface area (Å²) >= 11 is 0. The maximum absolute atomic E-state index is 12.7. The van der Waals surface area contributed by atoms with Gasteiger partial charge in [-0.2, -0.15) is 0 Å². The van der Waals surface area contributed by atoms with Crippen molar-refractivity contribution in [1.82, 2.24) is 9.80 Å². The van der Waals surface area contributed by atoms with E-state index in [0.29, 0.717) is 0 Å². The van der Waals surface area contributed by atoms with Crippen LogP contribution in [0.2, 0.25) is 0 Å². The molecule has 1 aromatic carbocycles. The maximum atomic E-state index is 12.7. The van der Waals surface area contributed by atoms with Crippen molar-refractivity contribution in [2.75, 3.05) is 53.0 Å². The van der Waals surface area contributed by atoms with Gasteiger partial charge in [0.25, 0.3) is 0 Å². The Kier molecular flexibility index (Phi) is 6.74. The molecule has 0 spiro atoms. The number of para-hydroxylation sites is 2. The standard InChI is InChI=1S/C20H30N2O4/c1-16(15-21-11-13-25-14-12-21)20(23)22-9-7-17(8-10-22)26-19-6-4-3-5-18(19)24-2/h3-6,16-17H,7-15H2,1-2H3/t16-/m1/s1. The van der Waals surface area contributed by atoms with Crippen molar-refractivity contribution in [3.63, 3.8) is 0 Å². The Morgan fingerprint density at radius 1 is 1.15 bits per heavy atom. The first-order chi connectivity index (χ1) is 12.7. The van der Waals surface area contributed by atoms with Gasteiger partial charge >= 0.3 is 0 Å². The SMILES string of the molecule is COc1ccccc1OC1CCN(C(=O)[C@H](C)CN2CCOCC2)CC1. The molecule has 0 saturated carbocycles. The number of methoxy groups -OCH3 is 1. The van der Waals surface area contributed by atoms with E-state index in [-0.39, 0.29) is 17.9 Å². The van der Waals surface area contributed by atoms with Gasteiger partial charge < -0.3 is 19.1 Å². The zero-order valence-corrected chi connectivity index (χ0v) is 15.9. The third-order valence-corrected chi connectivity index (χ3v) is 5.17. The summed E-state index contributed by atoms with van der Waals surface area (Å²) in [5, 5.41) is 0. The quantitative estimate of drug-likeness (QED) is 0.775. The number of rotatable bonds is 6. The van der Waals surface area contributed by atoms with E-state index in [4.69, 9.17) is 14.2 Å². The number of likely N-dealkylation sites (tertiary alicyclic amines) is 1. The molecular weight excluding hydrogens is 332 g/mol. The Morgan fingerprint density at radius 3 is 2.46 bits per heavy atom. The number of ether oxygens (including phenoxy) is 3. The number of benzene rings is 1. The van der Waals surface area contributed by atoms with Crippen LogP contribution in [0.25, 0.3) is 0 Å². The fourth-order valence-electron chi connectivity index (χ4n) is 3.65. The molecule has 2 fully saturated rings. The highest BCUT2D eigenvalue weighted by Gasteiger charge is 2.28. The molecule has 2 heterocycles. The minimum Gasteiger partial charge on any atom is -0.493 e. The molecule has 3 rings (SSSR count). The molecule has 0 aromatic heterocycles. The van der Waals surface area contributed by atoms with Crippen molar-refractivity contribution in [3.8, 4) is 11.5 Å². The summed E-state index contributed by atoms with van der Waals surface area (Å²) < 4.78 is 16.8. The zero-order chi connectivity index (χ0) is 18.4. The first kappa shape index (κ1) is 19.0. The number of hydrogen-bond donors (Lipinski definition) is 0. The van der Waals surface area contributed by atoms with Crippen LogP contribution in [-0.2, 0) is 9.53 Å². The molecular formula is C20H30N2O4. The second-order valence-corrected chi connectivity index (χ2v) is 7.11. The molecule has 2 aliphatic heterocycles. The summed E-state index contributed by atoms with van der Waals surface area (Å²) in [5.41, 5.74) is 0. The van der Waals surface area contributed by atoms with E-state index >= 15 is 0 Å². The Bertz CT molecular complexity index is 581. The lowest BCUT2D eigenvalue weighted by Gasteiger charge is -2.35. The minimum atomic E-state index is 0.0276. The predicted octanol–water partition coefficient (Wildman–Crippen LogP) is 2.03. The van der Waals surface area contributed by atoms with Crippen LogP contribution >= 0.6 is 0 Å². The van der Waals surface area contributed by atoms with Gasteiger partial charge in [0.1, 0.15) is 6.10 Å². The maximum Gasteiger partial charge on any atom is 0.226 e. The fourth-order valence-corrected chi connectivity index (χ4v) is 3.65. The average Bonchev–Trinajstić information content (AvgIpc) is 2.69. The smallest absolute Gasteiger partial charge is 0.226 e. The van der Waals surface area contributed by atoms with Crippen LogP contribution in [-0.4, -0.2) is 74.9 Å². The van der Waals surface area contributed by atoms with E-state index in [9.17, 15) is 4.79 Å². The predicted molar refractivity (Wildman–Crippen MR) is 99.6 cm³/mol. The molecule has 0 bridgehead atoms. The largest absolute Gasteiger partial charge is 0.493 e. The molecule has 2 saturated heterocycles. The highest BCUT2D eigenvalue weighted by atomic mass is 16.5. The molecule has 144 valence electrons. The third-order valence-electron chi connectivity index (χ3n) is 5.17. The van der Waals surface area contributed by atoms with Crippen molar-refractivity contribution in [3.05, 3.63) is 24.3 Å². The summed E-state index contributed by atoms with van der Waals surface area (Å²) in [6.07, 6.45) is 1.84. The number of piperidine rings is 1. The van der Waals surface area contributed by atoms with Crippen molar-refractivity contribution >= 4 is 5.91 Å². The van der Waals surface area contributed by atoms with Crippen LogP contribution in [0, 0.1) is 5.92 Å². The van der Waals surface area contributed by atoms with Gasteiger partial charge in [-0.3, -0.25) is 9.69 Å². The van der Waals surface area contributed by atoms with Gasteiger partial charge in [-0.25, -0.2) is 0 Å². The van der Waals surface area contributed by atoms with Gasteiger partial charge in [-0.15, -0.1) is 0 Å². The zero-order valence-electron chi connectivity index (χ0n) is 15.9. The Labute approximate surface area is 156 Å². The van der Waals surface area contributed by atoms with Crippen LogP contribution in [0.15, 0.2) is 24.3 Å². The Morgan fingerprint density at radius 2 is 1.81 bits per heavy atom. The van der Waals surface area contributed by atoms with E-state index in [1.54, 1.807) is 7.11 Å². The summed E-state index contributed by atoms with van der Waals surface area (Å²) in [6.45, 7) is 7.76. The number of carbonyl (C=O) groups is 1. The highest BCUT2D eigenvalue weighted by molar-refractivity contribution is 5.78. The molecule has 0 N–H and O–H groups in total. The molecule has 6 nitrogen and oxygen atoms in total. The number of hydrogen-bond acceptors (Lipinski definition) is 5. The molecule has 0 radical (unpaired) electrons. The average molecular weight is 362 g/mol. The molecule has 0 unspecified atom stereocenters. The van der Waals surface area contributed by atoms with Crippen LogP contribution in [0.3, 0.4) is 0 Å². The number of nitrogens with zero attached hydrogens (tertiary/aromatic N) is 2.